The van der Waals surface area contributed by atoms with Crippen LogP contribution in [0, 0.1) is 13.8 Å². The summed E-state index contributed by atoms with van der Waals surface area (Å²) >= 11 is 0. The summed E-state index contributed by atoms with van der Waals surface area (Å²) in [6, 6.07) is 7.51. The zero-order chi connectivity index (χ0) is 14.5. The van der Waals surface area contributed by atoms with Crippen LogP contribution in [-0.4, -0.2) is 24.0 Å². The van der Waals surface area contributed by atoms with Gasteiger partial charge in [0.1, 0.15) is 0 Å². The second kappa shape index (κ2) is 7.24. The lowest BCUT2D eigenvalue weighted by Crippen LogP contribution is -2.39. The van der Waals surface area contributed by atoms with Gasteiger partial charge in [0, 0.05) is 18.6 Å². The van der Waals surface area contributed by atoms with Crippen molar-refractivity contribution < 1.29 is 0 Å². The second-order valence-corrected chi connectivity index (χ2v) is 6.37. The maximum Gasteiger partial charge on any atom is 0.0427 e. The molecule has 2 nitrogen and oxygen atoms in total. The van der Waals surface area contributed by atoms with Crippen LogP contribution in [0.15, 0.2) is 18.2 Å². The van der Waals surface area contributed by atoms with Crippen molar-refractivity contribution in [3.63, 3.8) is 0 Å². The van der Waals surface area contributed by atoms with E-state index in [0.717, 1.165) is 12.6 Å². The van der Waals surface area contributed by atoms with Crippen LogP contribution >= 0.6 is 0 Å². The number of aryl methyl sites for hydroxylation is 2. The fraction of sp³-hybridized carbons (Fsp3) is 0.667. The maximum absolute atomic E-state index is 6.52. The van der Waals surface area contributed by atoms with Gasteiger partial charge in [0.2, 0.25) is 0 Å². The largest absolute Gasteiger partial charge is 0.323 e. The lowest BCUT2D eigenvalue weighted by molar-refractivity contribution is 0.183. The van der Waals surface area contributed by atoms with Gasteiger partial charge in [0.25, 0.3) is 0 Å². The van der Waals surface area contributed by atoms with E-state index in [1.807, 2.05) is 0 Å². The molecule has 0 saturated carbocycles. The maximum atomic E-state index is 6.52. The van der Waals surface area contributed by atoms with E-state index in [1.165, 1.54) is 55.3 Å². The fourth-order valence-corrected chi connectivity index (χ4v) is 3.45. The van der Waals surface area contributed by atoms with Gasteiger partial charge in [-0.25, -0.2) is 0 Å². The quantitative estimate of drug-likeness (QED) is 0.900. The highest BCUT2D eigenvalue weighted by Crippen LogP contribution is 2.23. The molecule has 1 aromatic rings. The van der Waals surface area contributed by atoms with Gasteiger partial charge in [-0.05, 0) is 50.8 Å². The first kappa shape index (κ1) is 15.5. The Bertz CT molecular complexity index is 427. The fourth-order valence-electron chi connectivity index (χ4n) is 3.45. The van der Waals surface area contributed by atoms with E-state index in [0.29, 0.717) is 0 Å². The topological polar surface area (TPSA) is 29.3 Å². The Morgan fingerprint density at radius 1 is 1.25 bits per heavy atom. The molecule has 0 aromatic heterocycles. The Labute approximate surface area is 124 Å². The number of nitrogens with zero attached hydrogens (tertiary/aromatic N) is 1. The molecule has 1 aliphatic heterocycles. The van der Waals surface area contributed by atoms with Crippen molar-refractivity contribution in [3.05, 3.63) is 34.9 Å². The zero-order valence-corrected chi connectivity index (χ0v) is 13.4. The molecule has 1 saturated heterocycles. The molecule has 1 fully saturated rings. The van der Waals surface area contributed by atoms with Gasteiger partial charge in [-0.2, -0.15) is 0 Å². The Morgan fingerprint density at radius 2 is 2.05 bits per heavy atom. The van der Waals surface area contributed by atoms with E-state index in [1.54, 1.807) is 0 Å². The van der Waals surface area contributed by atoms with E-state index in [9.17, 15) is 0 Å². The van der Waals surface area contributed by atoms with Crippen molar-refractivity contribution in [1.82, 2.24) is 4.90 Å². The predicted octanol–water partition coefficient (Wildman–Crippen LogP) is 3.96. The molecule has 20 heavy (non-hydrogen) atoms. The van der Waals surface area contributed by atoms with Crippen LogP contribution in [0.3, 0.4) is 0 Å². The molecule has 2 heteroatoms. The number of rotatable bonds is 4. The monoisotopic (exact) mass is 274 g/mol. The standard InChI is InChI=1S/C18H30N2/c1-4-16-8-6-5-7-11-20(16)13-18(19)17-12-14(2)9-10-15(17)3/h9-10,12,16,18H,4-8,11,13,19H2,1-3H3. The van der Waals surface area contributed by atoms with Crippen molar-refractivity contribution in [1.29, 1.82) is 0 Å². The van der Waals surface area contributed by atoms with Crippen LogP contribution in [-0.2, 0) is 0 Å². The molecule has 0 amide bonds. The average Bonchev–Trinajstić information content (AvgIpc) is 2.66. The molecule has 0 bridgehead atoms. The van der Waals surface area contributed by atoms with Crippen LogP contribution in [0.1, 0.15) is 61.8 Å². The van der Waals surface area contributed by atoms with Gasteiger partial charge in [0.15, 0.2) is 0 Å². The summed E-state index contributed by atoms with van der Waals surface area (Å²) in [5.41, 5.74) is 10.5. The molecule has 2 atom stereocenters. The van der Waals surface area contributed by atoms with E-state index >= 15 is 0 Å². The highest BCUT2D eigenvalue weighted by molar-refractivity contribution is 5.33. The summed E-state index contributed by atoms with van der Waals surface area (Å²) in [5, 5.41) is 0. The molecule has 2 rings (SSSR count). The molecular formula is C18H30N2. The lowest BCUT2D eigenvalue weighted by Gasteiger charge is -2.32. The normalized spacial score (nSPS) is 22.5. The van der Waals surface area contributed by atoms with Crippen molar-refractivity contribution >= 4 is 0 Å². The molecule has 1 aliphatic rings. The molecule has 2 unspecified atom stereocenters. The van der Waals surface area contributed by atoms with Gasteiger partial charge >= 0.3 is 0 Å². The first-order chi connectivity index (χ1) is 9.61. The third-order valence-corrected chi connectivity index (χ3v) is 4.74. The minimum atomic E-state index is 0.141. The molecule has 1 heterocycles. The van der Waals surface area contributed by atoms with E-state index in [4.69, 9.17) is 5.73 Å². The molecule has 0 spiro atoms. The highest BCUT2D eigenvalue weighted by Gasteiger charge is 2.22. The molecule has 0 aliphatic carbocycles. The Kier molecular flexibility index (Phi) is 5.62. The lowest BCUT2D eigenvalue weighted by atomic mass is 9.98. The Balaban J connectivity index is 2.08. The molecular weight excluding hydrogens is 244 g/mol. The van der Waals surface area contributed by atoms with Gasteiger partial charge in [0.05, 0.1) is 0 Å². The van der Waals surface area contributed by atoms with Crippen LogP contribution in [0.2, 0.25) is 0 Å². The average molecular weight is 274 g/mol. The van der Waals surface area contributed by atoms with Crippen LogP contribution in [0.25, 0.3) is 0 Å². The first-order valence-corrected chi connectivity index (χ1v) is 8.18. The summed E-state index contributed by atoms with van der Waals surface area (Å²) in [5.74, 6) is 0. The zero-order valence-electron chi connectivity index (χ0n) is 13.4. The molecule has 1 aromatic carbocycles. The van der Waals surface area contributed by atoms with Crippen molar-refractivity contribution in [2.75, 3.05) is 13.1 Å². The van der Waals surface area contributed by atoms with Crippen molar-refractivity contribution in [2.45, 2.75) is 65.0 Å². The highest BCUT2D eigenvalue weighted by atomic mass is 15.2. The van der Waals surface area contributed by atoms with Gasteiger partial charge < -0.3 is 5.73 Å². The van der Waals surface area contributed by atoms with E-state index in [2.05, 4.69) is 43.9 Å². The van der Waals surface area contributed by atoms with Gasteiger partial charge in [-0.1, -0.05) is 43.5 Å². The summed E-state index contributed by atoms with van der Waals surface area (Å²) < 4.78 is 0. The number of likely N-dealkylation sites (tertiary alicyclic amines) is 1. The number of hydrogen-bond donors (Lipinski definition) is 1. The number of nitrogens with two attached hydrogens (primary N) is 1. The summed E-state index contributed by atoms with van der Waals surface area (Å²) in [4.78, 5) is 2.64. The van der Waals surface area contributed by atoms with E-state index < -0.39 is 0 Å². The van der Waals surface area contributed by atoms with Crippen molar-refractivity contribution in [3.8, 4) is 0 Å². The SMILES string of the molecule is CCC1CCCCCN1CC(N)c1cc(C)ccc1C. The van der Waals surface area contributed by atoms with E-state index in [-0.39, 0.29) is 6.04 Å². The Hall–Kier alpha value is -0.860. The van der Waals surface area contributed by atoms with Crippen LogP contribution in [0.4, 0.5) is 0 Å². The Morgan fingerprint density at radius 3 is 2.80 bits per heavy atom. The number of benzene rings is 1. The third-order valence-electron chi connectivity index (χ3n) is 4.74. The number of hydrogen-bond acceptors (Lipinski definition) is 2. The summed E-state index contributed by atoms with van der Waals surface area (Å²) in [6.45, 7) is 8.86. The minimum Gasteiger partial charge on any atom is -0.323 e. The molecule has 2 N–H and O–H groups in total. The molecule has 0 radical (unpaired) electrons. The van der Waals surface area contributed by atoms with Crippen LogP contribution < -0.4 is 5.73 Å². The van der Waals surface area contributed by atoms with Gasteiger partial charge in [-0.3, -0.25) is 4.90 Å². The second-order valence-electron chi connectivity index (χ2n) is 6.37. The smallest absolute Gasteiger partial charge is 0.0427 e. The molecule has 112 valence electrons. The summed E-state index contributed by atoms with van der Waals surface area (Å²) in [6.07, 6.45) is 6.69. The summed E-state index contributed by atoms with van der Waals surface area (Å²) in [7, 11) is 0. The third kappa shape index (κ3) is 3.83. The van der Waals surface area contributed by atoms with Crippen molar-refractivity contribution in [2.24, 2.45) is 5.73 Å². The predicted molar refractivity (Wildman–Crippen MR) is 87.0 cm³/mol. The van der Waals surface area contributed by atoms with Crippen LogP contribution in [0.5, 0.6) is 0 Å². The minimum absolute atomic E-state index is 0.141. The first-order valence-electron chi connectivity index (χ1n) is 8.18. The van der Waals surface area contributed by atoms with Gasteiger partial charge in [-0.15, -0.1) is 0 Å².